The zero-order chi connectivity index (χ0) is 16.3. The maximum absolute atomic E-state index is 12.0. The van der Waals surface area contributed by atoms with Gasteiger partial charge in [-0.15, -0.1) is 5.10 Å². The molecule has 0 aliphatic carbocycles. The van der Waals surface area contributed by atoms with Gasteiger partial charge >= 0.3 is 6.18 Å². The van der Waals surface area contributed by atoms with Gasteiger partial charge < -0.3 is 11.1 Å². The van der Waals surface area contributed by atoms with Crippen molar-refractivity contribution in [1.82, 2.24) is 20.3 Å². The Morgan fingerprint density at radius 1 is 1.23 bits per heavy atom. The first kappa shape index (κ1) is 15.5. The Kier molecular flexibility index (Phi) is 4.11. The summed E-state index contributed by atoms with van der Waals surface area (Å²) in [6, 6.07) is 5.54. The SMILES string of the molecule is NC(=O)c1cn(-c2ccc(C(=O)NCC(F)(F)F)cc2)nn1. The van der Waals surface area contributed by atoms with Gasteiger partial charge in [0.15, 0.2) is 5.69 Å². The van der Waals surface area contributed by atoms with Crippen LogP contribution in [0, 0.1) is 0 Å². The smallest absolute Gasteiger partial charge is 0.364 e. The minimum absolute atomic E-state index is 0.0352. The molecule has 0 unspecified atom stereocenters. The Morgan fingerprint density at radius 2 is 1.86 bits per heavy atom. The molecule has 1 heterocycles. The normalized spacial score (nSPS) is 11.2. The number of nitrogens with zero attached hydrogens (tertiary/aromatic N) is 3. The lowest BCUT2D eigenvalue weighted by Gasteiger charge is -2.08. The van der Waals surface area contributed by atoms with E-state index in [2.05, 4.69) is 10.3 Å². The van der Waals surface area contributed by atoms with E-state index in [4.69, 9.17) is 5.73 Å². The summed E-state index contributed by atoms with van der Waals surface area (Å²) in [5.74, 6) is -1.59. The van der Waals surface area contributed by atoms with Gasteiger partial charge in [0.25, 0.3) is 11.8 Å². The average molecular weight is 313 g/mol. The molecule has 7 nitrogen and oxygen atoms in total. The number of hydrogen-bond donors (Lipinski definition) is 2. The number of rotatable bonds is 4. The highest BCUT2D eigenvalue weighted by Gasteiger charge is 2.27. The van der Waals surface area contributed by atoms with Crippen molar-refractivity contribution < 1.29 is 22.8 Å². The molecule has 0 aliphatic heterocycles. The Balaban J connectivity index is 2.09. The van der Waals surface area contributed by atoms with Crippen LogP contribution < -0.4 is 11.1 Å². The highest BCUT2D eigenvalue weighted by molar-refractivity contribution is 5.94. The number of amides is 2. The average Bonchev–Trinajstić information content (AvgIpc) is 2.94. The Hall–Kier alpha value is -2.91. The maximum Gasteiger partial charge on any atom is 0.405 e. The third-order valence-electron chi connectivity index (χ3n) is 2.59. The standard InChI is InChI=1S/C12H10F3N5O2/c13-12(14,15)6-17-11(22)7-1-3-8(4-2-7)20-5-9(10(16)21)18-19-20/h1-5H,6H2,(H2,16,21)(H,17,22). The van der Waals surface area contributed by atoms with E-state index in [1.165, 1.54) is 35.1 Å². The lowest BCUT2D eigenvalue weighted by molar-refractivity contribution is -0.123. The molecule has 2 rings (SSSR count). The molecule has 0 atom stereocenters. The summed E-state index contributed by atoms with van der Waals surface area (Å²) < 4.78 is 37.3. The number of carbonyl (C=O) groups is 2. The quantitative estimate of drug-likeness (QED) is 0.865. The lowest BCUT2D eigenvalue weighted by Crippen LogP contribution is -2.33. The van der Waals surface area contributed by atoms with Gasteiger partial charge in [-0.25, -0.2) is 4.68 Å². The molecule has 1 aromatic carbocycles. The first-order chi connectivity index (χ1) is 10.3. The van der Waals surface area contributed by atoms with Gasteiger partial charge in [-0.1, -0.05) is 5.21 Å². The summed E-state index contributed by atoms with van der Waals surface area (Å²) in [5, 5.41) is 8.96. The van der Waals surface area contributed by atoms with Crippen molar-refractivity contribution >= 4 is 11.8 Å². The maximum atomic E-state index is 12.0. The van der Waals surface area contributed by atoms with E-state index in [1.807, 2.05) is 0 Å². The molecule has 0 aliphatic rings. The number of alkyl halides is 3. The summed E-state index contributed by atoms with van der Waals surface area (Å²) in [7, 11) is 0. The molecule has 2 amide bonds. The van der Waals surface area contributed by atoms with Gasteiger partial charge in [-0.05, 0) is 24.3 Å². The van der Waals surface area contributed by atoms with Gasteiger partial charge in [-0.3, -0.25) is 9.59 Å². The summed E-state index contributed by atoms with van der Waals surface area (Å²) in [4.78, 5) is 22.4. The number of carbonyl (C=O) groups excluding carboxylic acids is 2. The molecule has 10 heteroatoms. The number of aromatic nitrogens is 3. The van der Waals surface area contributed by atoms with Crippen molar-refractivity contribution in [3.05, 3.63) is 41.7 Å². The van der Waals surface area contributed by atoms with Crippen LogP contribution in [-0.4, -0.2) is 39.5 Å². The Bertz CT molecular complexity index is 694. The molecule has 0 bridgehead atoms. The number of primary amides is 1. The van der Waals surface area contributed by atoms with Crippen LogP contribution in [0.5, 0.6) is 0 Å². The fourth-order valence-corrected chi connectivity index (χ4v) is 1.55. The molecule has 116 valence electrons. The van der Waals surface area contributed by atoms with Crippen LogP contribution in [0.1, 0.15) is 20.8 Å². The van der Waals surface area contributed by atoms with Gasteiger partial charge in [0.2, 0.25) is 0 Å². The molecule has 22 heavy (non-hydrogen) atoms. The van der Waals surface area contributed by atoms with Crippen molar-refractivity contribution in [3.63, 3.8) is 0 Å². The van der Waals surface area contributed by atoms with Crippen molar-refractivity contribution in [1.29, 1.82) is 0 Å². The van der Waals surface area contributed by atoms with Gasteiger partial charge in [0.05, 0.1) is 11.9 Å². The summed E-state index contributed by atoms with van der Waals surface area (Å²) in [6.07, 6.45) is -3.18. The minimum Gasteiger partial charge on any atom is -0.364 e. The monoisotopic (exact) mass is 313 g/mol. The van der Waals surface area contributed by atoms with Crippen LogP contribution in [0.15, 0.2) is 30.5 Å². The number of benzene rings is 1. The molecular weight excluding hydrogens is 303 g/mol. The van der Waals surface area contributed by atoms with Crippen molar-refractivity contribution in [2.24, 2.45) is 5.73 Å². The van der Waals surface area contributed by atoms with Crippen molar-refractivity contribution in [2.45, 2.75) is 6.18 Å². The second kappa shape index (κ2) is 5.84. The highest BCUT2D eigenvalue weighted by Crippen LogP contribution is 2.13. The first-order valence-corrected chi connectivity index (χ1v) is 5.94. The van der Waals surface area contributed by atoms with Crippen LogP contribution in [0.2, 0.25) is 0 Å². The van der Waals surface area contributed by atoms with Crippen LogP contribution in [-0.2, 0) is 0 Å². The van der Waals surface area contributed by atoms with Crippen LogP contribution in [0.4, 0.5) is 13.2 Å². The lowest BCUT2D eigenvalue weighted by atomic mass is 10.2. The molecule has 0 spiro atoms. The van der Waals surface area contributed by atoms with Gasteiger partial charge in [-0.2, -0.15) is 13.2 Å². The highest BCUT2D eigenvalue weighted by atomic mass is 19.4. The second-order valence-electron chi connectivity index (χ2n) is 4.26. The number of nitrogens with one attached hydrogen (secondary N) is 1. The van der Waals surface area contributed by atoms with E-state index in [1.54, 1.807) is 5.32 Å². The van der Waals surface area contributed by atoms with Crippen molar-refractivity contribution in [2.75, 3.05) is 6.54 Å². The van der Waals surface area contributed by atoms with Crippen LogP contribution in [0.25, 0.3) is 5.69 Å². The number of hydrogen-bond acceptors (Lipinski definition) is 4. The second-order valence-corrected chi connectivity index (χ2v) is 4.26. The molecule has 3 N–H and O–H groups in total. The van der Waals surface area contributed by atoms with E-state index < -0.39 is 24.5 Å². The van der Waals surface area contributed by atoms with E-state index in [0.717, 1.165) is 0 Å². The molecule has 0 radical (unpaired) electrons. The largest absolute Gasteiger partial charge is 0.405 e. The zero-order valence-electron chi connectivity index (χ0n) is 11.0. The minimum atomic E-state index is -4.47. The molecular formula is C12H10F3N5O2. The molecule has 2 aromatic rings. The van der Waals surface area contributed by atoms with Crippen LogP contribution in [0.3, 0.4) is 0 Å². The fourth-order valence-electron chi connectivity index (χ4n) is 1.55. The predicted octanol–water partition coefficient (Wildman–Crippen LogP) is 0.658. The molecule has 0 saturated carbocycles. The predicted molar refractivity (Wildman–Crippen MR) is 68.3 cm³/mol. The van der Waals surface area contributed by atoms with E-state index in [9.17, 15) is 22.8 Å². The molecule has 0 saturated heterocycles. The van der Waals surface area contributed by atoms with E-state index in [0.29, 0.717) is 5.69 Å². The molecule has 0 fully saturated rings. The zero-order valence-corrected chi connectivity index (χ0v) is 11.0. The van der Waals surface area contributed by atoms with Gasteiger partial charge in [0.1, 0.15) is 6.54 Å². The van der Waals surface area contributed by atoms with E-state index >= 15 is 0 Å². The first-order valence-electron chi connectivity index (χ1n) is 5.94. The van der Waals surface area contributed by atoms with E-state index in [-0.39, 0.29) is 11.3 Å². The van der Waals surface area contributed by atoms with Gasteiger partial charge in [0, 0.05) is 5.56 Å². The third-order valence-corrected chi connectivity index (χ3v) is 2.59. The number of nitrogens with two attached hydrogens (primary N) is 1. The Morgan fingerprint density at radius 3 is 2.36 bits per heavy atom. The topological polar surface area (TPSA) is 103 Å². The van der Waals surface area contributed by atoms with Crippen molar-refractivity contribution in [3.8, 4) is 5.69 Å². The third kappa shape index (κ3) is 3.81. The number of halogens is 3. The molecule has 1 aromatic heterocycles. The Labute approximate surface area is 121 Å². The summed E-state index contributed by atoms with van der Waals surface area (Å²) in [5.41, 5.74) is 5.53. The summed E-state index contributed by atoms with van der Waals surface area (Å²) in [6.45, 7) is -1.40. The van der Waals surface area contributed by atoms with Crippen LogP contribution >= 0.6 is 0 Å². The summed E-state index contributed by atoms with van der Waals surface area (Å²) >= 11 is 0. The fraction of sp³-hybridized carbons (Fsp3) is 0.167.